The lowest BCUT2D eigenvalue weighted by atomic mass is 9.85. The molecule has 0 amide bonds. The molecule has 1 heterocycles. The highest BCUT2D eigenvalue weighted by molar-refractivity contribution is 4.91. The number of rotatable bonds is 2. The summed E-state index contributed by atoms with van der Waals surface area (Å²) >= 11 is 0. The first kappa shape index (κ1) is 9.22. The molecule has 1 N–H and O–H groups in total. The second-order valence-corrected chi connectivity index (χ2v) is 4.25. The van der Waals surface area contributed by atoms with E-state index in [0.29, 0.717) is 12.5 Å². The first-order valence-electron chi connectivity index (χ1n) is 5.27. The van der Waals surface area contributed by atoms with Crippen LogP contribution in [0.3, 0.4) is 0 Å². The molecule has 0 saturated carbocycles. The number of hydrogen-bond donors (Lipinski definition) is 1. The smallest absolute Gasteiger partial charge is 0.0823 e. The summed E-state index contributed by atoms with van der Waals surface area (Å²) in [5, 5.41) is 9.58. The van der Waals surface area contributed by atoms with Crippen molar-refractivity contribution in [1.82, 2.24) is 0 Å². The van der Waals surface area contributed by atoms with Crippen molar-refractivity contribution in [3.63, 3.8) is 0 Å². The number of aliphatic hydroxyl groups excluding tert-OH is 1. The molecule has 2 nitrogen and oxygen atoms in total. The number of allylic oxidation sites excluding steroid dienone is 2. The molecule has 74 valence electrons. The predicted octanol–water partition coefficient (Wildman–Crippen LogP) is 1.74. The minimum Gasteiger partial charge on any atom is -0.390 e. The van der Waals surface area contributed by atoms with Gasteiger partial charge in [-0.15, -0.1) is 0 Å². The molecule has 0 bridgehead atoms. The van der Waals surface area contributed by atoms with Crippen LogP contribution in [-0.2, 0) is 4.74 Å². The molecule has 3 unspecified atom stereocenters. The van der Waals surface area contributed by atoms with E-state index in [1.165, 1.54) is 19.3 Å². The molecule has 2 heteroatoms. The van der Waals surface area contributed by atoms with Crippen molar-refractivity contribution in [3.8, 4) is 0 Å². The summed E-state index contributed by atoms with van der Waals surface area (Å²) in [6.07, 6.45) is 9.18. The average molecular weight is 182 g/mol. The van der Waals surface area contributed by atoms with Crippen LogP contribution >= 0.6 is 0 Å². The molecule has 1 aliphatic heterocycles. The monoisotopic (exact) mass is 182 g/mol. The zero-order valence-electron chi connectivity index (χ0n) is 7.98. The Bertz CT molecular complexity index is 189. The molecular weight excluding hydrogens is 164 g/mol. The van der Waals surface area contributed by atoms with Crippen LogP contribution in [0.4, 0.5) is 0 Å². The molecule has 3 atom stereocenters. The van der Waals surface area contributed by atoms with Gasteiger partial charge < -0.3 is 9.84 Å². The number of ether oxygens (including phenoxy) is 1. The Kier molecular flexibility index (Phi) is 3.01. The second-order valence-electron chi connectivity index (χ2n) is 4.25. The fraction of sp³-hybridized carbons (Fsp3) is 0.818. The summed E-state index contributed by atoms with van der Waals surface area (Å²) in [7, 11) is 0. The minimum absolute atomic E-state index is 0.203. The van der Waals surface area contributed by atoms with E-state index in [1.807, 2.05) is 0 Å². The molecule has 0 radical (unpaired) electrons. The lowest BCUT2D eigenvalue weighted by molar-refractivity contribution is 0.113. The molecule has 0 aromatic heterocycles. The van der Waals surface area contributed by atoms with Crippen molar-refractivity contribution in [1.29, 1.82) is 0 Å². The Hall–Kier alpha value is -0.340. The van der Waals surface area contributed by atoms with E-state index < -0.39 is 0 Å². The lowest BCUT2D eigenvalue weighted by Gasteiger charge is -2.22. The Morgan fingerprint density at radius 1 is 1.31 bits per heavy atom. The third-order valence-electron chi connectivity index (χ3n) is 3.18. The summed E-state index contributed by atoms with van der Waals surface area (Å²) in [6.45, 7) is 1.31. The van der Waals surface area contributed by atoms with Gasteiger partial charge in [0.2, 0.25) is 0 Å². The molecular formula is C11H18O2. The van der Waals surface area contributed by atoms with Gasteiger partial charge in [0, 0.05) is 5.92 Å². The van der Waals surface area contributed by atoms with Gasteiger partial charge in [0.05, 0.1) is 19.3 Å². The topological polar surface area (TPSA) is 29.5 Å². The van der Waals surface area contributed by atoms with Crippen LogP contribution in [0.5, 0.6) is 0 Å². The van der Waals surface area contributed by atoms with Gasteiger partial charge in [0.25, 0.3) is 0 Å². The van der Waals surface area contributed by atoms with Crippen LogP contribution in [0, 0.1) is 11.8 Å². The molecule has 0 spiro atoms. The van der Waals surface area contributed by atoms with Crippen molar-refractivity contribution in [2.45, 2.75) is 31.8 Å². The van der Waals surface area contributed by atoms with E-state index >= 15 is 0 Å². The van der Waals surface area contributed by atoms with Crippen LogP contribution in [0.15, 0.2) is 12.2 Å². The van der Waals surface area contributed by atoms with Gasteiger partial charge in [-0.1, -0.05) is 12.2 Å². The van der Waals surface area contributed by atoms with Gasteiger partial charge in [-0.25, -0.2) is 0 Å². The van der Waals surface area contributed by atoms with Gasteiger partial charge in [0.15, 0.2) is 0 Å². The highest BCUT2D eigenvalue weighted by Crippen LogP contribution is 2.29. The summed E-state index contributed by atoms with van der Waals surface area (Å²) in [4.78, 5) is 0. The Morgan fingerprint density at radius 2 is 2.23 bits per heavy atom. The lowest BCUT2D eigenvalue weighted by Crippen LogP contribution is -2.21. The second kappa shape index (κ2) is 4.25. The molecule has 1 fully saturated rings. The molecule has 2 rings (SSSR count). The quantitative estimate of drug-likeness (QED) is 0.659. The largest absolute Gasteiger partial charge is 0.390 e. The normalized spacial score (nSPS) is 39.6. The van der Waals surface area contributed by atoms with E-state index in [9.17, 15) is 5.11 Å². The maximum absolute atomic E-state index is 9.58. The molecule has 2 aliphatic rings. The van der Waals surface area contributed by atoms with Crippen molar-refractivity contribution in [3.05, 3.63) is 12.2 Å². The van der Waals surface area contributed by atoms with E-state index in [1.54, 1.807) is 0 Å². The molecule has 1 saturated heterocycles. The minimum atomic E-state index is -0.203. The first-order chi connectivity index (χ1) is 6.36. The van der Waals surface area contributed by atoms with Crippen LogP contribution in [0.25, 0.3) is 0 Å². The van der Waals surface area contributed by atoms with Crippen molar-refractivity contribution < 1.29 is 9.84 Å². The number of hydrogen-bond acceptors (Lipinski definition) is 2. The first-order valence-corrected chi connectivity index (χ1v) is 5.27. The zero-order valence-corrected chi connectivity index (χ0v) is 7.98. The van der Waals surface area contributed by atoms with Crippen molar-refractivity contribution in [2.75, 3.05) is 13.2 Å². The van der Waals surface area contributed by atoms with E-state index in [0.717, 1.165) is 18.9 Å². The number of aliphatic hydroxyl groups is 1. The fourth-order valence-electron chi connectivity index (χ4n) is 2.31. The van der Waals surface area contributed by atoms with E-state index in [2.05, 4.69) is 12.2 Å². The molecule has 0 aromatic rings. The SMILES string of the molecule is OC1COCC1CC1CC=CCC1. The van der Waals surface area contributed by atoms with Crippen molar-refractivity contribution in [2.24, 2.45) is 11.8 Å². The van der Waals surface area contributed by atoms with E-state index in [-0.39, 0.29) is 6.10 Å². The fourth-order valence-corrected chi connectivity index (χ4v) is 2.31. The molecule has 1 aliphatic carbocycles. The van der Waals surface area contributed by atoms with Gasteiger partial charge in [0.1, 0.15) is 0 Å². The third kappa shape index (κ3) is 2.32. The molecule has 0 aromatic carbocycles. The summed E-state index contributed by atoms with van der Waals surface area (Å²) in [5.41, 5.74) is 0. The predicted molar refractivity (Wildman–Crippen MR) is 51.4 cm³/mol. The standard InChI is InChI=1S/C11H18O2/c12-11-8-13-7-10(11)6-9-4-2-1-3-5-9/h1-2,9-12H,3-8H2. The van der Waals surface area contributed by atoms with Gasteiger partial charge in [-0.2, -0.15) is 0 Å². The Labute approximate surface area is 79.6 Å². The maximum atomic E-state index is 9.58. The zero-order chi connectivity index (χ0) is 9.10. The van der Waals surface area contributed by atoms with Crippen molar-refractivity contribution >= 4 is 0 Å². The Balaban J connectivity index is 1.79. The van der Waals surface area contributed by atoms with Gasteiger partial charge >= 0.3 is 0 Å². The van der Waals surface area contributed by atoms with Crippen LogP contribution in [-0.4, -0.2) is 24.4 Å². The van der Waals surface area contributed by atoms with Gasteiger partial charge in [-0.3, -0.25) is 0 Å². The highest BCUT2D eigenvalue weighted by atomic mass is 16.5. The third-order valence-corrected chi connectivity index (χ3v) is 3.18. The summed E-state index contributed by atoms with van der Waals surface area (Å²) in [6, 6.07) is 0. The summed E-state index contributed by atoms with van der Waals surface area (Å²) in [5.74, 6) is 1.18. The molecule has 13 heavy (non-hydrogen) atoms. The van der Waals surface area contributed by atoms with Crippen LogP contribution in [0.2, 0.25) is 0 Å². The van der Waals surface area contributed by atoms with Crippen LogP contribution in [0.1, 0.15) is 25.7 Å². The van der Waals surface area contributed by atoms with Gasteiger partial charge in [-0.05, 0) is 31.6 Å². The maximum Gasteiger partial charge on any atom is 0.0823 e. The summed E-state index contributed by atoms with van der Waals surface area (Å²) < 4.78 is 5.24. The average Bonchev–Trinajstić information content (AvgIpc) is 2.54. The highest BCUT2D eigenvalue weighted by Gasteiger charge is 2.28. The van der Waals surface area contributed by atoms with E-state index in [4.69, 9.17) is 4.74 Å². The van der Waals surface area contributed by atoms with Crippen LogP contribution < -0.4 is 0 Å². The Morgan fingerprint density at radius 3 is 2.85 bits per heavy atom.